The summed E-state index contributed by atoms with van der Waals surface area (Å²) in [7, 11) is 1.52. The predicted octanol–water partition coefficient (Wildman–Crippen LogP) is 4.50. The molecule has 2 aromatic rings. The molecule has 0 bridgehead atoms. The maximum Gasteiger partial charge on any atom is 0.132 e. The van der Waals surface area contributed by atoms with Gasteiger partial charge >= 0.3 is 0 Å². The lowest BCUT2D eigenvalue weighted by Gasteiger charge is -2.21. The molecule has 0 heterocycles. The number of hydrogen-bond donors (Lipinski definition) is 1. The summed E-state index contributed by atoms with van der Waals surface area (Å²) in [6.07, 6.45) is 0. The van der Waals surface area contributed by atoms with Crippen LogP contribution in [0.25, 0.3) is 0 Å². The molecule has 2 aromatic carbocycles. The molecule has 0 aromatic heterocycles. The molecule has 0 aliphatic carbocycles. The fourth-order valence-electron chi connectivity index (χ4n) is 2.35. The standard InChI is InChI=1S/C17H19ClFNO/c1-4-20-17(14-7-5-6-11(2)16(14)18)13-9-8-12(21-3)10-15(13)19/h5-10,17,20H,4H2,1-3H3. The van der Waals surface area contributed by atoms with E-state index in [2.05, 4.69) is 5.32 Å². The molecule has 0 aliphatic rings. The molecule has 0 fully saturated rings. The second-order valence-electron chi connectivity index (χ2n) is 4.86. The summed E-state index contributed by atoms with van der Waals surface area (Å²) in [5.41, 5.74) is 2.42. The van der Waals surface area contributed by atoms with Crippen LogP contribution in [0.15, 0.2) is 36.4 Å². The lowest BCUT2D eigenvalue weighted by Crippen LogP contribution is -2.23. The van der Waals surface area contributed by atoms with Crippen LogP contribution in [-0.4, -0.2) is 13.7 Å². The maximum atomic E-state index is 14.4. The van der Waals surface area contributed by atoms with E-state index < -0.39 is 0 Å². The van der Waals surface area contributed by atoms with Gasteiger partial charge in [0.15, 0.2) is 0 Å². The molecule has 2 nitrogen and oxygen atoms in total. The first-order valence-corrected chi connectivity index (χ1v) is 7.28. The highest BCUT2D eigenvalue weighted by molar-refractivity contribution is 6.32. The molecule has 112 valence electrons. The molecule has 1 unspecified atom stereocenters. The first-order valence-electron chi connectivity index (χ1n) is 6.90. The van der Waals surface area contributed by atoms with Crippen LogP contribution in [-0.2, 0) is 0 Å². The van der Waals surface area contributed by atoms with E-state index in [4.69, 9.17) is 16.3 Å². The zero-order valence-electron chi connectivity index (χ0n) is 12.4. The minimum Gasteiger partial charge on any atom is -0.497 e. The van der Waals surface area contributed by atoms with Crippen LogP contribution >= 0.6 is 11.6 Å². The summed E-state index contributed by atoms with van der Waals surface area (Å²) in [5, 5.41) is 3.96. The van der Waals surface area contributed by atoms with Crippen molar-refractivity contribution in [2.75, 3.05) is 13.7 Å². The van der Waals surface area contributed by atoms with Crippen molar-refractivity contribution in [3.63, 3.8) is 0 Å². The van der Waals surface area contributed by atoms with E-state index >= 15 is 0 Å². The molecule has 4 heteroatoms. The van der Waals surface area contributed by atoms with Crippen molar-refractivity contribution in [3.8, 4) is 5.75 Å². The molecular formula is C17H19ClFNO. The van der Waals surface area contributed by atoms with Crippen molar-refractivity contribution in [2.45, 2.75) is 19.9 Å². The summed E-state index contributed by atoms with van der Waals surface area (Å²) in [4.78, 5) is 0. The number of halogens is 2. The van der Waals surface area contributed by atoms with Gasteiger partial charge in [-0.05, 0) is 30.7 Å². The molecule has 2 rings (SSSR count). The Hall–Kier alpha value is -1.58. The summed E-state index contributed by atoms with van der Waals surface area (Å²) in [6.45, 7) is 4.64. The van der Waals surface area contributed by atoms with E-state index in [0.29, 0.717) is 22.9 Å². The molecular weight excluding hydrogens is 289 g/mol. The van der Waals surface area contributed by atoms with Crippen molar-refractivity contribution >= 4 is 11.6 Å². The maximum absolute atomic E-state index is 14.4. The van der Waals surface area contributed by atoms with Crippen LogP contribution in [0.5, 0.6) is 5.75 Å². The van der Waals surface area contributed by atoms with Crippen LogP contribution in [0.3, 0.4) is 0 Å². The van der Waals surface area contributed by atoms with E-state index in [1.54, 1.807) is 12.1 Å². The quantitative estimate of drug-likeness (QED) is 0.878. The number of ether oxygens (including phenoxy) is 1. The molecule has 1 N–H and O–H groups in total. The van der Waals surface area contributed by atoms with Gasteiger partial charge in [-0.25, -0.2) is 4.39 Å². The smallest absolute Gasteiger partial charge is 0.132 e. The van der Waals surface area contributed by atoms with E-state index in [1.807, 2.05) is 32.0 Å². The second kappa shape index (κ2) is 6.92. The van der Waals surface area contributed by atoms with Gasteiger partial charge in [-0.2, -0.15) is 0 Å². The van der Waals surface area contributed by atoms with Crippen molar-refractivity contribution in [1.29, 1.82) is 0 Å². The van der Waals surface area contributed by atoms with Gasteiger partial charge in [-0.3, -0.25) is 0 Å². The van der Waals surface area contributed by atoms with Gasteiger partial charge in [0, 0.05) is 16.7 Å². The van der Waals surface area contributed by atoms with E-state index in [1.165, 1.54) is 13.2 Å². The minimum atomic E-state index is -0.308. The molecule has 1 atom stereocenters. The van der Waals surface area contributed by atoms with Crippen LogP contribution < -0.4 is 10.1 Å². The van der Waals surface area contributed by atoms with Crippen molar-refractivity contribution in [2.24, 2.45) is 0 Å². The molecule has 0 aliphatic heterocycles. The van der Waals surface area contributed by atoms with E-state index in [-0.39, 0.29) is 11.9 Å². The Morgan fingerprint density at radius 2 is 2.00 bits per heavy atom. The van der Waals surface area contributed by atoms with Gasteiger partial charge in [0.1, 0.15) is 11.6 Å². The number of benzene rings is 2. The number of methoxy groups -OCH3 is 1. The lowest BCUT2D eigenvalue weighted by atomic mass is 9.96. The van der Waals surface area contributed by atoms with Crippen molar-refractivity contribution in [3.05, 3.63) is 63.9 Å². The third-order valence-electron chi connectivity index (χ3n) is 3.46. The Labute approximate surface area is 129 Å². The summed E-state index contributed by atoms with van der Waals surface area (Å²) >= 11 is 6.40. The third kappa shape index (κ3) is 3.36. The van der Waals surface area contributed by atoms with Gasteiger partial charge in [-0.1, -0.05) is 42.8 Å². The Morgan fingerprint density at radius 1 is 1.24 bits per heavy atom. The first-order chi connectivity index (χ1) is 10.1. The molecule has 0 saturated carbocycles. The van der Waals surface area contributed by atoms with E-state index in [9.17, 15) is 4.39 Å². The van der Waals surface area contributed by atoms with Crippen LogP contribution in [0, 0.1) is 12.7 Å². The lowest BCUT2D eigenvalue weighted by molar-refractivity contribution is 0.410. The summed E-state index contributed by atoms with van der Waals surface area (Å²) in [5.74, 6) is 0.194. The predicted molar refractivity (Wildman–Crippen MR) is 84.7 cm³/mol. The van der Waals surface area contributed by atoms with Gasteiger partial charge in [0.2, 0.25) is 0 Å². The zero-order chi connectivity index (χ0) is 15.4. The largest absolute Gasteiger partial charge is 0.497 e. The highest BCUT2D eigenvalue weighted by Crippen LogP contribution is 2.32. The molecule has 21 heavy (non-hydrogen) atoms. The summed E-state index contributed by atoms with van der Waals surface area (Å²) in [6, 6.07) is 10.4. The van der Waals surface area contributed by atoms with Crippen LogP contribution in [0.4, 0.5) is 4.39 Å². The van der Waals surface area contributed by atoms with Gasteiger partial charge < -0.3 is 10.1 Å². The van der Waals surface area contributed by atoms with Gasteiger partial charge in [0.25, 0.3) is 0 Å². The normalized spacial score (nSPS) is 12.2. The molecule has 0 saturated heterocycles. The number of aryl methyl sites for hydroxylation is 1. The third-order valence-corrected chi connectivity index (χ3v) is 3.98. The van der Waals surface area contributed by atoms with Crippen molar-refractivity contribution < 1.29 is 9.13 Å². The average molecular weight is 308 g/mol. The molecule has 0 amide bonds. The number of rotatable bonds is 5. The number of nitrogens with one attached hydrogen (secondary N) is 1. The van der Waals surface area contributed by atoms with Crippen LogP contribution in [0.1, 0.15) is 29.7 Å². The Balaban J connectivity index is 2.51. The first kappa shape index (κ1) is 15.8. The highest BCUT2D eigenvalue weighted by Gasteiger charge is 2.20. The summed E-state index contributed by atoms with van der Waals surface area (Å²) < 4.78 is 19.4. The van der Waals surface area contributed by atoms with Gasteiger partial charge in [0.05, 0.1) is 13.2 Å². The van der Waals surface area contributed by atoms with Crippen LogP contribution in [0.2, 0.25) is 5.02 Å². The average Bonchev–Trinajstić information content (AvgIpc) is 2.48. The number of hydrogen-bond acceptors (Lipinski definition) is 2. The SMILES string of the molecule is CCNC(c1ccc(OC)cc1F)c1cccc(C)c1Cl. The highest BCUT2D eigenvalue weighted by atomic mass is 35.5. The molecule has 0 spiro atoms. The topological polar surface area (TPSA) is 21.3 Å². The molecule has 0 radical (unpaired) electrons. The van der Waals surface area contributed by atoms with Gasteiger partial charge in [-0.15, -0.1) is 0 Å². The Kier molecular flexibility index (Phi) is 5.21. The fraction of sp³-hybridized carbons (Fsp3) is 0.294. The zero-order valence-corrected chi connectivity index (χ0v) is 13.2. The van der Waals surface area contributed by atoms with E-state index in [0.717, 1.165) is 11.1 Å². The monoisotopic (exact) mass is 307 g/mol. The van der Waals surface area contributed by atoms with Crippen molar-refractivity contribution in [1.82, 2.24) is 5.32 Å². The fourth-order valence-corrected chi connectivity index (χ4v) is 2.59. The Bertz CT molecular complexity index is 630. The Morgan fingerprint density at radius 3 is 2.62 bits per heavy atom. The minimum absolute atomic E-state index is 0.284. The second-order valence-corrected chi connectivity index (χ2v) is 5.23.